The first-order valence-corrected chi connectivity index (χ1v) is 6.47. The van der Waals surface area contributed by atoms with Gasteiger partial charge in [0.25, 0.3) is 5.91 Å². The summed E-state index contributed by atoms with van der Waals surface area (Å²) in [6, 6.07) is 7.34. The lowest BCUT2D eigenvalue weighted by Crippen LogP contribution is -2.48. The van der Waals surface area contributed by atoms with Gasteiger partial charge < -0.3 is 20.9 Å². The van der Waals surface area contributed by atoms with Crippen LogP contribution in [0.2, 0.25) is 0 Å². The van der Waals surface area contributed by atoms with Crippen LogP contribution in [0.1, 0.15) is 19.8 Å². The summed E-state index contributed by atoms with van der Waals surface area (Å²) in [6.07, 6.45) is -0.964. The predicted octanol–water partition coefficient (Wildman–Crippen LogP) is 0.289. The molecule has 114 valence electrons. The highest BCUT2D eigenvalue weighted by atomic mass is 16.5. The smallest absolute Gasteiger partial charge is 0.326 e. The van der Waals surface area contributed by atoms with Crippen molar-refractivity contribution in [3.8, 4) is 5.75 Å². The van der Waals surface area contributed by atoms with Crippen molar-refractivity contribution in [2.75, 3.05) is 0 Å². The quantitative estimate of drug-likeness (QED) is 0.636. The second-order valence-electron chi connectivity index (χ2n) is 4.40. The molecule has 0 fully saturated rings. The van der Waals surface area contributed by atoms with Gasteiger partial charge >= 0.3 is 5.97 Å². The average Bonchev–Trinajstić information content (AvgIpc) is 2.44. The van der Waals surface area contributed by atoms with Gasteiger partial charge in [-0.3, -0.25) is 9.59 Å². The van der Waals surface area contributed by atoms with Gasteiger partial charge in [-0.2, -0.15) is 0 Å². The zero-order valence-electron chi connectivity index (χ0n) is 11.6. The van der Waals surface area contributed by atoms with Crippen molar-refractivity contribution in [3.63, 3.8) is 0 Å². The maximum atomic E-state index is 12.0. The normalized spacial score (nSPS) is 13.0. The molecule has 7 heteroatoms. The Kier molecular flexibility index (Phi) is 6.19. The Morgan fingerprint density at radius 3 is 2.38 bits per heavy atom. The highest BCUT2D eigenvalue weighted by molar-refractivity contribution is 5.89. The minimum Gasteiger partial charge on any atom is -0.481 e. The maximum absolute atomic E-state index is 12.0. The summed E-state index contributed by atoms with van der Waals surface area (Å²) >= 11 is 0. The molecule has 0 aliphatic heterocycles. The number of ether oxygens (including phenoxy) is 1. The van der Waals surface area contributed by atoms with E-state index >= 15 is 0 Å². The zero-order valence-corrected chi connectivity index (χ0v) is 11.6. The van der Waals surface area contributed by atoms with E-state index in [4.69, 9.17) is 15.6 Å². The van der Waals surface area contributed by atoms with E-state index in [9.17, 15) is 14.4 Å². The molecule has 4 N–H and O–H groups in total. The number of nitrogens with two attached hydrogens (primary N) is 1. The van der Waals surface area contributed by atoms with Crippen molar-refractivity contribution in [3.05, 3.63) is 30.3 Å². The Bertz CT molecular complexity index is 503. The fourth-order valence-electron chi connectivity index (χ4n) is 1.65. The fraction of sp³-hybridized carbons (Fsp3) is 0.357. The van der Waals surface area contributed by atoms with Crippen LogP contribution in [0.25, 0.3) is 0 Å². The van der Waals surface area contributed by atoms with Crippen LogP contribution >= 0.6 is 0 Å². The third kappa shape index (κ3) is 5.52. The Morgan fingerprint density at radius 2 is 1.90 bits per heavy atom. The van der Waals surface area contributed by atoms with Crippen LogP contribution in [-0.2, 0) is 14.4 Å². The zero-order chi connectivity index (χ0) is 15.8. The number of aliphatic carboxylic acids is 1. The van der Waals surface area contributed by atoms with Crippen molar-refractivity contribution >= 4 is 17.8 Å². The van der Waals surface area contributed by atoms with Crippen LogP contribution in [0, 0.1) is 0 Å². The van der Waals surface area contributed by atoms with Crippen LogP contribution in [0.15, 0.2) is 30.3 Å². The molecule has 0 saturated heterocycles. The number of primary amides is 1. The minimum atomic E-state index is -1.36. The lowest BCUT2D eigenvalue weighted by molar-refractivity contribution is -0.144. The molecular weight excluding hydrogens is 276 g/mol. The van der Waals surface area contributed by atoms with Crippen molar-refractivity contribution < 1.29 is 24.2 Å². The molecule has 0 aliphatic rings. The Morgan fingerprint density at radius 1 is 1.29 bits per heavy atom. The van der Waals surface area contributed by atoms with E-state index in [1.54, 1.807) is 37.3 Å². The van der Waals surface area contributed by atoms with Gasteiger partial charge in [-0.05, 0) is 18.6 Å². The molecule has 1 rings (SSSR count). The topological polar surface area (TPSA) is 119 Å². The number of hydrogen-bond acceptors (Lipinski definition) is 4. The Hall–Kier alpha value is -2.57. The first-order chi connectivity index (χ1) is 9.93. The van der Waals surface area contributed by atoms with E-state index in [0.29, 0.717) is 12.2 Å². The standard InChI is InChI=1S/C14H18N2O5/c1-2-11(21-9-6-4-3-5-7-9)13(18)16-10(14(19)20)8-12(15)17/h3-7,10-11H,2,8H2,1H3,(H2,15,17)(H,16,18)(H,19,20). The molecule has 0 bridgehead atoms. The van der Waals surface area contributed by atoms with Crippen LogP contribution in [0.5, 0.6) is 5.75 Å². The second kappa shape index (κ2) is 7.88. The summed E-state index contributed by atoms with van der Waals surface area (Å²) in [4.78, 5) is 33.8. The SMILES string of the molecule is CCC(Oc1ccccc1)C(=O)NC(CC(N)=O)C(=O)O. The number of rotatable bonds is 8. The van der Waals surface area contributed by atoms with Crippen molar-refractivity contribution in [2.24, 2.45) is 5.73 Å². The molecule has 2 amide bonds. The maximum Gasteiger partial charge on any atom is 0.326 e. The Balaban J connectivity index is 2.69. The van der Waals surface area contributed by atoms with Crippen LogP contribution in [0.3, 0.4) is 0 Å². The largest absolute Gasteiger partial charge is 0.481 e. The van der Waals surface area contributed by atoms with E-state index in [1.165, 1.54) is 0 Å². The van der Waals surface area contributed by atoms with Gasteiger partial charge in [-0.15, -0.1) is 0 Å². The lowest BCUT2D eigenvalue weighted by atomic mass is 10.1. The highest BCUT2D eigenvalue weighted by Crippen LogP contribution is 2.12. The van der Waals surface area contributed by atoms with Gasteiger partial charge in [-0.25, -0.2) is 4.79 Å². The van der Waals surface area contributed by atoms with Crippen molar-refractivity contribution in [1.29, 1.82) is 0 Å². The van der Waals surface area contributed by atoms with Gasteiger partial charge in [0, 0.05) is 0 Å². The van der Waals surface area contributed by atoms with E-state index in [-0.39, 0.29) is 0 Å². The molecule has 0 radical (unpaired) electrons. The lowest BCUT2D eigenvalue weighted by Gasteiger charge is -2.20. The number of nitrogens with one attached hydrogen (secondary N) is 1. The number of para-hydroxylation sites is 1. The molecule has 2 unspecified atom stereocenters. The van der Waals surface area contributed by atoms with E-state index in [0.717, 1.165) is 0 Å². The summed E-state index contributed by atoms with van der Waals surface area (Å²) < 4.78 is 5.49. The van der Waals surface area contributed by atoms with Crippen LogP contribution in [0.4, 0.5) is 0 Å². The van der Waals surface area contributed by atoms with Gasteiger partial charge in [-0.1, -0.05) is 25.1 Å². The summed E-state index contributed by atoms with van der Waals surface area (Å²) in [6.45, 7) is 1.73. The number of carboxylic acids is 1. The first-order valence-electron chi connectivity index (χ1n) is 6.47. The molecule has 2 atom stereocenters. The summed E-state index contributed by atoms with van der Waals surface area (Å²) in [5, 5.41) is 11.2. The third-order valence-corrected chi connectivity index (χ3v) is 2.70. The number of benzene rings is 1. The molecule has 1 aromatic carbocycles. The molecule has 0 aliphatic carbocycles. The molecule has 0 aromatic heterocycles. The number of carboxylic acid groups (broad SMARTS) is 1. The highest BCUT2D eigenvalue weighted by Gasteiger charge is 2.26. The number of carbonyl (C=O) groups is 3. The monoisotopic (exact) mass is 294 g/mol. The minimum absolute atomic E-state index is 0.351. The van der Waals surface area contributed by atoms with Gasteiger partial charge in [0.1, 0.15) is 11.8 Å². The van der Waals surface area contributed by atoms with E-state index < -0.39 is 36.4 Å². The molecule has 7 nitrogen and oxygen atoms in total. The third-order valence-electron chi connectivity index (χ3n) is 2.70. The van der Waals surface area contributed by atoms with Gasteiger partial charge in [0.05, 0.1) is 6.42 Å². The second-order valence-corrected chi connectivity index (χ2v) is 4.40. The molecule has 0 saturated carbocycles. The predicted molar refractivity (Wildman–Crippen MR) is 74.5 cm³/mol. The van der Waals surface area contributed by atoms with Crippen molar-refractivity contribution in [1.82, 2.24) is 5.32 Å². The molecule has 0 spiro atoms. The first kappa shape index (κ1) is 16.5. The molecule has 21 heavy (non-hydrogen) atoms. The summed E-state index contributed by atoms with van der Waals surface area (Å²) in [5.74, 6) is -2.23. The summed E-state index contributed by atoms with van der Waals surface area (Å²) in [5.41, 5.74) is 4.95. The molecule has 1 aromatic rings. The van der Waals surface area contributed by atoms with Gasteiger partial charge in [0.15, 0.2) is 6.10 Å². The summed E-state index contributed by atoms with van der Waals surface area (Å²) in [7, 11) is 0. The van der Waals surface area contributed by atoms with E-state index in [1.807, 2.05) is 0 Å². The van der Waals surface area contributed by atoms with E-state index in [2.05, 4.69) is 5.32 Å². The van der Waals surface area contributed by atoms with Crippen molar-refractivity contribution in [2.45, 2.75) is 31.9 Å². The number of hydrogen-bond donors (Lipinski definition) is 3. The number of carbonyl (C=O) groups excluding carboxylic acids is 2. The van der Waals surface area contributed by atoms with Crippen LogP contribution in [-0.4, -0.2) is 35.0 Å². The Labute approximate surface area is 122 Å². The van der Waals surface area contributed by atoms with Gasteiger partial charge in [0.2, 0.25) is 5.91 Å². The molecular formula is C14H18N2O5. The average molecular weight is 294 g/mol. The number of amides is 2. The fourth-order valence-corrected chi connectivity index (χ4v) is 1.65. The van der Waals surface area contributed by atoms with Crippen LogP contribution < -0.4 is 15.8 Å². The molecule has 0 heterocycles.